The van der Waals surface area contributed by atoms with E-state index in [2.05, 4.69) is 15.3 Å². The van der Waals surface area contributed by atoms with Gasteiger partial charge in [0, 0.05) is 6.07 Å². The van der Waals surface area contributed by atoms with Gasteiger partial charge in [0.2, 0.25) is 0 Å². The summed E-state index contributed by atoms with van der Waals surface area (Å²) in [5.74, 6) is 0.330. The van der Waals surface area contributed by atoms with Crippen molar-refractivity contribution in [3.63, 3.8) is 0 Å². The van der Waals surface area contributed by atoms with Crippen LogP contribution in [0.4, 0.5) is 5.82 Å². The number of hydrogen-bond donors (Lipinski definition) is 3. The van der Waals surface area contributed by atoms with Gasteiger partial charge >= 0.3 is 0 Å². The van der Waals surface area contributed by atoms with Crippen LogP contribution in [-0.2, 0) is 0 Å². The van der Waals surface area contributed by atoms with Crippen LogP contribution in [-0.4, -0.2) is 22.5 Å². The van der Waals surface area contributed by atoms with Crippen molar-refractivity contribution in [1.82, 2.24) is 9.97 Å². The molecule has 0 aliphatic carbocycles. The molecular formula is C13H13N3O3S. The molecule has 0 fully saturated rings. The van der Waals surface area contributed by atoms with Crippen LogP contribution in [0.3, 0.4) is 0 Å². The summed E-state index contributed by atoms with van der Waals surface area (Å²) < 4.78 is 5.53. The molecule has 3 N–H and O–H groups in total. The Bertz CT molecular complexity index is 708. The number of rotatable bonds is 4. The Kier molecular flexibility index (Phi) is 4.31. The molecule has 0 bridgehead atoms. The van der Waals surface area contributed by atoms with E-state index >= 15 is 0 Å². The zero-order chi connectivity index (χ0) is 14.5. The molecule has 20 heavy (non-hydrogen) atoms. The molecule has 2 rings (SSSR count). The zero-order valence-corrected chi connectivity index (χ0v) is 11.5. The smallest absolute Gasteiger partial charge is 0.260 e. The lowest BCUT2D eigenvalue weighted by Gasteiger charge is -2.10. The number of ether oxygens (including phenoxy) is 1. The van der Waals surface area contributed by atoms with Crippen molar-refractivity contribution >= 4 is 23.9 Å². The molecule has 0 aliphatic heterocycles. The Morgan fingerprint density at radius 1 is 1.35 bits per heavy atom. The SMILES string of the molecule is CCOc1ccccc1C(=O)Nc1cc(=O)[nH]c(=S)[nH]1. The Balaban J connectivity index is 2.28. The number of hydrogen-bond acceptors (Lipinski definition) is 4. The van der Waals surface area contributed by atoms with Gasteiger partial charge in [-0.05, 0) is 31.3 Å². The van der Waals surface area contributed by atoms with E-state index in [0.29, 0.717) is 17.9 Å². The summed E-state index contributed by atoms with van der Waals surface area (Å²) >= 11 is 4.84. The monoisotopic (exact) mass is 291 g/mol. The first-order valence-corrected chi connectivity index (χ1v) is 6.38. The third-order valence-corrected chi connectivity index (χ3v) is 2.64. The van der Waals surface area contributed by atoms with E-state index in [1.165, 1.54) is 6.07 Å². The topological polar surface area (TPSA) is 87.0 Å². The van der Waals surface area contributed by atoms with Gasteiger partial charge in [-0.3, -0.25) is 14.6 Å². The van der Waals surface area contributed by atoms with Crippen molar-refractivity contribution in [3.05, 3.63) is 51.0 Å². The van der Waals surface area contributed by atoms with Crippen LogP contribution in [0.5, 0.6) is 5.75 Å². The Morgan fingerprint density at radius 2 is 2.10 bits per heavy atom. The molecule has 6 nitrogen and oxygen atoms in total. The van der Waals surface area contributed by atoms with Crippen molar-refractivity contribution in [3.8, 4) is 5.75 Å². The van der Waals surface area contributed by atoms with E-state index in [1.807, 2.05) is 6.92 Å². The quantitative estimate of drug-likeness (QED) is 0.753. The summed E-state index contributed by atoms with van der Waals surface area (Å²) in [5.41, 5.74) is -0.00362. The maximum Gasteiger partial charge on any atom is 0.260 e. The molecule has 1 amide bonds. The highest BCUT2D eigenvalue weighted by Gasteiger charge is 2.12. The summed E-state index contributed by atoms with van der Waals surface area (Å²) in [6.07, 6.45) is 0. The third kappa shape index (κ3) is 3.33. The number of carbonyl (C=O) groups is 1. The lowest BCUT2D eigenvalue weighted by Crippen LogP contribution is -2.17. The largest absolute Gasteiger partial charge is 0.493 e. The van der Waals surface area contributed by atoms with Crippen LogP contribution in [0.15, 0.2) is 35.1 Å². The number of anilines is 1. The van der Waals surface area contributed by atoms with Crippen LogP contribution in [0, 0.1) is 4.77 Å². The molecule has 2 aromatic rings. The molecule has 0 saturated heterocycles. The van der Waals surface area contributed by atoms with Gasteiger partial charge in [0.25, 0.3) is 11.5 Å². The predicted octanol–water partition coefficient (Wildman–Crippen LogP) is 2.08. The second-order valence-corrected chi connectivity index (χ2v) is 4.29. The van der Waals surface area contributed by atoms with E-state index in [4.69, 9.17) is 17.0 Å². The molecule has 0 spiro atoms. The summed E-state index contributed by atoms with van der Waals surface area (Å²) in [4.78, 5) is 28.5. The number of carbonyl (C=O) groups excluding carboxylic acids is 1. The summed E-state index contributed by atoms with van der Waals surface area (Å²) in [6.45, 7) is 2.29. The molecule has 0 atom stereocenters. The van der Waals surface area contributed by atoms with Crippen LogP contribution >= 0.6 is 12.2 Å². The molecule has 7 heteroatoms. The first-order chi connectivity index (χ1) is 9.60. The standard InChI is InChI=1S/C13H13N3O3S/c1-2-19-9-6-4-3-5-8(9)12(18)14-10-7-11(17)16-13(20)15-10/h3-7H,2H2,1H3,(H3,14,15,16,17,18,20). The first kappa shape index (κ1) is 14.0. The number of para-hydroxylation sites is 1. The molecular weight excluding hydrogens is 278 g/mol. The number of nitrogens with one attached hydrogen (secondary N) is 3. The zero-order valence-electron chi connectivity index (χ0n) is 10.7. The van der Waals surface area contributed by atoms with Gasteiger partial charge in [0.1, 0.15) is 11.6 Å². The fourth-order valence-electron chi connectivity index (χ4n) is 1.66. The second-order valence-electron chi connectivity index (χ2n) is 3.88. The fourth-order valence-corrected chi connectivity index (χ4v) is 1.87. The predicted molar refractivity (Wildman–Crippen MR) is 77.8 cm³/mol. The van der Waals surface area contributed by atoms with Crippen LogP contribution in [0.2, 0.25) is 0 Å². The van der Waals surface area contributed by atoms with E-state index in [0.717, 1.165) is 0 Å². The van der Waals surface area contributed by atoms with Crippen molar-refractivity contribution in [2.45, 2.75) is 6.92 Å². The highest BCUT2D eigenvalue weighted by atomic mass is 32.1. The normalized spacial score (nSPS) is 10.1. The van der Waals surface area contributed by atoms with Crippen molar-refractivity contribution < 1.29 is 9.53 Å². The average molecular weight is 291 g/mol. The summed E-state index contributed by atoms with van der Waals surface area (Å²) in [5, 5.41) is 2.58. The maximum absolute atomic E-state index is 12.2. The minimum atomic E-state index is -0.387. The molecule has 1 aromatic heterocycles. The number of aromatic amines is 2. The Hall–Kier alpha value is -2.41. The van der Waals surface area contributed by atoms with Gasteiger partial charge in [-0.2, -0.15) is 0 Å². The minimum Gasteiger partial charge on any atom is -0.493 e. The van der Waals surface area contributed by atoms with Gasteiger partial charge in [0.05, 0.1) is 12.2 Å². The maximum atomic E-state index is 12.2. The third-order valence-electron chi connectivity index (χ3n) is 2.44. The first-order valence-electron chi connectivity index (χ1n) is 5.97. The lowest BCUT2D eigenvalue weighted by molar-refractivity contribution is 0.102. The van der Waals surface area contributed by atoms with Gasteiger partial charge in [-0.25, -0.2) is 0 Å². The molecule has 0 aliphatic rings. The highest BCUT2D eigenvalue weighted by Crippen LogP contribution is 2.18. The molecule has 0 radical (unpaired) electrons. The summed E-state index contributed by atoms with van der Waals surface area (Å²) in [7, 11) is 0. The number of H-pyrrole nitrogens is 2. The van der Waals surface area contributed by atoms with Gasteiger partial charge < -0.3 is 15.0 Å². The summed E-state index contributed by atoms with van der Waals surface area (Å²) in [6, 6.07) is 8.08. The fraction of sp³-hybridized carbons (Fsp3) is 0.154. The van der Waals surface area contributed by atoms with E-state index in [9.17, 15) is 9.59 Å². The minimum absolute atomic E-state index is 0.144. The van der Waals surface area contributed by atoms with E-state index in [-0.39, 0.29) is 22.1 Å². The molecule has 104 valence electrons. The van der Waals surface area contributed by atoms with Crippen LogP contribution < -0.4 is 15.6 Å². The number of benzene rings is 1. The molecule has 0 saturated carbocycles. The molecule has 1 heterocycles. The average Bonchev–Trinajstić information content (AvgIpc) is 2.38. The molecule has 0 unspecified atom stereocenters. The van der Waals surface area contributed by atoms with Crippen molar-refractivity contribution in [2.75, 3.05) is 11.9 Å². The van der Waals surface area contributed by atoms with Crippen molar-refractivity contribution in [1.29, 1.82) is 0 Å². The van der Waals surface area contributed by atoms with Crippen LogP contribution in [0.1, 0.15) is 17.3 Å². The molecule has 1 aromatic carbocycles. The van der Waals surface area contributed by atoms with Gasteiger partial charge in [-0.1, -0.05) is 12.1 Å². The van der Waals surface area contributed by atoms with Crippen LogP contribution in [0.25, 0.3) is 0 Å². The van der Waals surface area contributed by atoms with Crippen molar-refractivity contribution in [2.24, 2.45) is 0 Å². The second kappa shape index (κ2) is 6.16. The number of amides is 1. The van der Waals surface area contributed by atoms with Gasteiger partial charge in [-0.15, -0.1) is 0 Å². The lowest BCUT2D eigenvalue weighted by atomic mass is 10.2. The number of aromatic nitrogens is 2. The van der Waals surface area contributed by atoms with E-state index in [1.54, 1.807) is 24.3 Å². The Labute approximate surface area is 119 Å². The Morgan fingerprint density at radius 3 is 2.80 bits per heavy atom. The van der Waals surface area contributed by atoms with E-state index < -0.39 is 0 Å². The highest BCUT2D eigenvalue weighted by molar-refractivity contribution is 7.71. The van der Waals surface area contributed by atoms with Gasteiger partial charge in [0.15, 0.2) is 4.77 Å².